The molecule has 0 spiro atoms. The first kappa shape index (κ1) is 12.7. The van der Waals surface area contributed by atoms with Crippen molar-refractivity contribution in [1.29, 1.82) is 0 Å². The summed E-state index contributed by atoms with van der Waals surface area (Å²) >= 11 is 0. The number of carbonyl (C=O) groups is 2. The first-order chi connectivity index (χ1) is 6.67. The molecule has 4 heteroatoms. The third kappa shape index (κ3) is 4.07. The van der Waals surface area contributed by atoms with E-state index in [-0.39, 0.29) is 12.4 Å². The van der Waals surface area contributed by atoms with Crippen LogP contribution in [0.15, 0.2) is 12.7 Å². The summed E-state index contributed by atoms with van der Waals surface area (Å²) in [5.74, 6) is 0.203. The van der Waals surface area contributed by atoms with Gasteiger partial charge in [0, 0.05) is 19.5 Å². The van der Waals surface area contributed by atoms with Gasteiger partial charge < -0.3 is 10.0 Å². The van der Waals surface area contributed by atoms with Crippen LogP contribution in [0.1, 0.15) is 26.2 Å². The highest BCUT2D eigenvalue weighted by Crippen LogP contribution is 2.19. The van der Waals surface area contributed by atoms with Gasteiger partial charge in [-0.05, 0) is 19.3 Å². The van der Waals surface area contributed by atoms with E-state index in [1.165, 1.54) is 0 Å². The van der Waals surface area contributed by atoms with Gasteiger partial charge in [0.05, 0.1) is 0 Å². The molecule has 0 aromatic carbocycles. The number of carboxylic acid groups (broad SMARTS) is 1. The maximum atomic E-state index is 11.0. The van der Waals surface area contributed by atoms with Crippen LogP contribution in [0.2, 0.25) is 0 Å². The fraction of sp³-hybridized carbons (Fsp3) is 0.600. The van der Waals surface area contributed by atoms with Crippen molar-refractivity contribution in [2.24, 2.45) is 0 Å². The van der Waals surface area contributed by atoms with Crippen molar-refractivity contribution in [2.45, 2.75) is 32.2 Å². The quantitative estimate of drug-likeness (QED) is 0.538. The Labute approximate surface area is 84.2 Å². The van der Waals surface area contributed by atoms with E-state index >= 15 is 0 Å². The van der Waals surface area contributed by atoms with Gasteiger partial charge in [0.2, 0.25) is 5.91 Å². The van der Waals surface area contributed by atoms with Gasteiger partial charge in [-0.2, -0.15) is 0 Å². The SMILES string of the molecule is C=CC[C@@H]1CCCN1C(C)=O.O=CO. The Morgan fingerprint density at radius 2 is 2.29 bits per heavy atom. The van der Waals surface area contributed by atoms with Gasteiger partial charge in [0.15, 0.2) is 0 Å². The fourth-order valence-corrected chi connectivity index (χ4v) is 1.69. The topological polar surface area (TPSA) is 57.6 Å². The van der Waals surface area contributed by atoms with E-state index in [0.29, 0.717) is 6.04 Å². The van der Waals surface area contributed by atoms with Gasteiger partial charge in [-0.25, -0.2) is 0 Å². The molecule has 0 aromatic heterocycles. The molecule has 0 saturated carbocycles. The molecule has 0 aliphatic carbocycles. The fourth-order valence-electron chi connectivity index (χ4n) is 1.69. The zero-order valence-corrected chi connectivity index (χ0v) is 8.48. The van der Waals surface area contributed by atoms with Crippen LogP contribution >= 0.6 is 0 Å². The van der Waals surface area contributed by atoms with E-state index in [4.69, 9.17) is 9.90 Å². The summed E-state index contributed by atoms with van der Waals surface area (Å²) in [6, 6.07) is 0.435. The molecule has 4 nitrogen and oxygen atoms in total. The number of nitrogens with zero attached hydrogens (tertiary/aromatic N) is 1. The maximum absolute atomic E-state index is 11.0. The molecule has 14 heavy (non-hydrogen) atoms. The Bertz CT molecular complexity index is 204. The zero-order chi connectivity index (χ0) is 11.0. The molecule has 1 amide bonds. The Morgan fingerprint density at radius 3 is 2.71 bits per heavy atom. The molecule has 1 N–H and O–H groups in total. The van der Waals surface area contributed by atoms with Crippen LogP contribution in [-0.4, -0.2) is 35.0 Å². The van der Waals surface area contributed by atoms with E-state index < -0.39 is 0 Å². The third-order valence-corrected chi connectivity index (χ3v) is 2.22. The Morgan fingerprint density at radius 1 is 1.71 bits per heavy atom. The van der Waals surface area contributed by atoms with E-state index in [2.05, 4.69) is 6.58 Å². The maximum Gasteiger partial charge on any atom is 0.290 e. The van der Waals surface area contributed by atoms with Crippen molar-refractivity contribution in [3.63, 3.8) is 0 Å². The van der Waals surface area contributed by atoms with Crippen molar-refractivity contribution in [2.75, 3.05) is 6.54 Å². The van der Waals surface area contributed by atoms with Crippen LogP contribution in [-0.2, 0) is 9.59 Å². The number of rotatable bonds is 2. The van der Waals surface area contributed by atoms with Crippen LogP contribution in [0.3, 0.4) is 0 Å². The highest BCUT2D eigenvalue weighted by Gasteiger charge is 2.24. The van der Waals surface area contributed by atoms with Gasteiger partial charge in [0.1, 0.15) is 0 Å². The highest BCUT2D eigenvalue weighted by atomic mass is 16.3. The lowest BCUT2D eigenvalue weighted by molar-refractivity contribution is -0.129. The number of amides is 1. The second-order valence-electron chi connectivity index (χ2n) is 3.14. The molecule has 80 valence electrons. The van der Waals surface area contributed by atoms with Gasteiger partial charge in [-0.1, -0.05) is 6.08 Å². The van der Waals surface area contributed by atoms with E-state index in [1.807, 2.05) is 11.0 Å². The van der Waals surface area contributed by atoms with Crippen molar-refractivity contribution in [1.82, 2.24) is 4.90 Å². The smallest absolute Gasteiger partial charge is 0.290 e. The van der Waals surface area contributed by atoms with Crippen molar-refractivity contribution in [3.05, 3.63) is 12.7 Å². The van der Waals surface area contributed by atoms with Gasteiger partial charge in [-0.15, -0.1) is 6.58 Å². The Kier molecular flexibility index (Phi) is 6.45. The minimum Gasteiger partial charge on any atom is -0.483 e. The largest absolute Gasteiger partial charge is 0.483 e. The summed E-state index contributed by atoms with van der Waals surface area (Å²) in [5.41, 5.74) is 0. The molecule has 1 heterocycles. The summed E-state index contributed by atoms with van der Waals surface area (Å²) in [7, 11) is 0. The molecule has 1 aliphatic heterocycles. The number of likely N-dealkylation sites (tertiary alicyclic amines) is 1. The molecule has 0 radical (unpaired) electrons. The molecule has 1 fully saturated rings. The number of hydrogen-bond acceptors (Lipinski definition) is 2. The summed E-state index contributed by atoms with van der Waals surface area (Å²) in [6.45, 7) is 6.01. The Balaban J connectivity index is 0.000000500. The zero-order valence-electron chi connectivity index (χ0n) is 8.48. The van der Waals surface area contributed by atoms with E-state index in [0.717, 1.165) is 25.8 Å². The van der Waals surface area contributed by atoms with Gasteiger partial charge >= 0.3 is 0 Å². The minimum absolute atomic E-state index is 0.203. The first-order valence-electron chi connectivity index (χ1n) is 4.63. The summed E-state index contributed by atoms with van der Waals surface area (Å²) in [5, 5.41) is 6.89. The summed E-state index contributed by atoms with van der Waals surface area (Å²) in [4.78, 5) is 21.3. The first-order valence-corrected chi connectivity index (χ1v) is 4.63. The van der Waals surface area contributed by atoms with E-state index in [9.17, 15) is 4.79 Å². The molecule has 0 unspecified atom stereocenters. The lowest BCUT2D eigenvalue weighted by atomic mass is 10.1. The highest BCUT2D eigenvalue weighted by molar-refractivity contribution is 5.73. The summed E-state index contributed by atoms with van der Waals surface area (Å²) in [6.07, 6.45) is 5.13. The van der Waals surface area contributed by atoms with Crippen LogP contribution in [0.5, 0.6) is 0 Å². The predicted molar refractivity (Wildman–Crippen MR) is 53.9 cm³/mol. The van der Waals surface area contributed by atoms with Crippen molar-refractivity contribution < 1.29 is 14.7 Å². The Hall–Kier alpha value is -1.32. The van der Waals surface area contributed by atoms with Crippen LogP contribution < -0.4 is 0 Å². The average Bonchev–Trinajstić information content (AvgIpc) is 2.54. The monoisotopic (exact) mass is 199 g/mol. The second kappa shape index (κ2) is 7.12. The number of hydrogen-bond donors (Lipinski definition) is 1. The molecule has 1 rings (SSSR count). The molecule has 0 bridgehead atoms. The molecule has 0 aromatic rings. The lowest BCUT2D eigenvalue weighted by Crippen LogP contribution is -2.33. The molecular formula is C10H17NO3. The standard InChI is InChI=1S/C9H15NO.CH2O2/c1-3-5-9-6-4-7-10(9)8(2)11;2-1-3/h3,9H,1,4-7H2,2H3;1H,(H,2,3)/t9-;/m1./s1. The van der Waals surface area contributed by atoms with Gasteiger partial charge in [-0.3, -0.25) is 9.59 Å². The third-order valence-electron chi connectivity index (χ3n) is 2.22. The molecule has 1 atom stereocenters. The lowest BCUT2D eigenvalue weighted by Gasteiger charge is -2.21. The van der Waals surface area contributed by atoms with Crippen molar-refractivity contribution >= 4 is 12.4 Å². The minimum atomic E-state index is -0.250. The second-order valence-corrected chi connectivity index (χ2v) is 3.14. The summed E-state index contributed by atoms with van der Waals surface area (Å²) < 4.78 is 0. The van der Waals surface area contributed by atoms with E-state index in [1.54, 1.807) is 6.92 Å². The van der Waals surface area contributed by atoms with Crippen LogP contribution in [0.25, 0.3) is 0 Å². The van der Waals surface area contributed by atoms with Gasteiger partial charge in [0.25, 0.3) is 6.47 Å². The number of carbonyl (C=O) groups excluding carboxylic acids is 1. The molecular weight excluding hydrogens is 182 g/mol. The van der Waals surface area contributed by atoms with Crippen LogP contribution in [0.4, 0.5) is 0 Å². The molecule has 1 aliphatic rings. The van der Waals surface area contributed by atoms with Crippen LogP contribution in [0, 0.1) is 0 Å². The average molecular weight is 199 g/mol. The normalized spacial score (nSPS) is 19.5. The molecule has 1 saturated heterocycles. The van der Waals surface area contributed by atoms with Crippen molar-refractivity contribution in [3.8, 4) is 0 Å². The predicted octanol–water partition coefficient (Wildman–Crippen LogP) is 1.27.